The van der Waals surface area contributed by atoms with Crippen molar-refractivity contribution in [1.29, 1.82) is 0 Å². The van der Waals surface area contributed by atoms with Crippen LogP contribution in [-0.2, 0) is 16.1 Å². The van der Waals surface area contributed by atoms with Crippen LogP contribution >= 0.6 is 0 Å². The van der Waals surface area contributed by atoms with Gasteiger partial charge in [-0.1, -0.05) is 24.3 Å². The van der Waals surface area contributed by atoms with E-state index in [0.29, 0.717) is 41.7 Å². The van der Waals surface area contributed by atoms with E-state index in [9.17, 15) is 9.59 Å². The fourth-order valence-corrected chi connectivity index (χ4v) is 4.79. The Kier molecular flexibility index (Phi) is 8.18. The molecule has 1 fully saturated rings. The van der Waals surface area contributed by atoms with Crippen LogP contribution in [0, 0.1) is 5.92 Å². The molecule has 0 bridgehead atoms. The van der Waals surface area contributed by atoms with Crippen LogP contribution < -0.4 is 29.2 Å². The van der Waals surface area contributed by atoms with Gasteiger partial charge in [0.2, 0.25) is 11.8 Å². The highest BCUT2D eigenvalue weighted by atomic mass is 16.5. The molecule has 0 unspecified atom stereocenters. The standard InChI is InChI=1S/C29H32N2O6/c1-34-22-12-10-21(11-13-22)31-27(32)16-14-23(28(31)19-9-15-25(36-3)26(17-19)37-4)29(33)30-18-20-7-5-6-8-24(20)35-2/h5-13,15,17,23,28H,14,16,18H2,1-4H3,(H,30,33)/t23-,28-/m1/s1. The number of nitrogens with zero attached hydrogens (tertiary/aromatic N) is 1. The number of anilines is 1. The maximum absolute atomic E-state index is 13.7. The molecule has 37 heavy (non-hydrogen) atoms. The van der Waals surface area contributed by atoms with Gasteiger partial charge in [0.15, 0.2) is 11.5 Å². The summed E-state index contributed by atoms with van der Waals surface area (Å²) in [6.45, 7) is 0.314. The Balaban J connectivity index is 1.71. The van der Waals surface area contributed by atoms with Crippen molar-refractivity contribution in [2.75, 3.05) is 33.3 Å². The Morgan fingerprint density at radius 1 is 0.865 bits per heavy atom. The van der Waals surface area contributed by atoms with Crippen LogP contribution in [0.2, 0.25) is 0 Å². The van der Waals surface area contributed by atoms with Gasteiger partial charge in [-0.3, -0.25) is 9.59 Å². The molecule has 0 radical (unpaired) electrons. The summed E-state index contributed by atoms with van der Waals surface area (Å²) >= 11 is 0. The smallest absolute Gasteiger partial charge is 0.227 e. The van der Waals surface area contributed by atoms with Gasteiger partial charge < -0.3 is 29.2 Å². The zero-order valence-corrected chi connectivity index (χ0v) is 21.5. The molecule has 0 spiro atoms. The molecule has 1 N–H and O–H groups in total. The minimum atomic E-state index is -0.549. The zero-order chi connectivity index (χ0) is 26.4. The summed E-state index contributed by atoms with van der Waals surface area (Å²) in [6, 6.07) is 19.8. The molecule has 0 saturated carbocycles. The first-order valence-electron chi connectivity index (χ1n) is 12.1. The molecule has 2 atom stereocenters. The number of piperidine rings is 1. The molecule has 3 aromatic carbocycles. The summed E-state index contributed by atoms with van der Waals surface area (Å²) in [5.74, 6) is 1.80. The van der Waals surface area contributed by atoms with E-state index in [1.165, 1.54) is 0 Å². The van der Waals surface area contributed by atoms with E-state index in [0.717, 1.165) is 11.1 Å². The minimum absolute atomic E-state index is 0.0567. The average molecular weight is 505 g/mol. The SMILES string of the molecule is COc1ccc(N2C(=O)CC[C@@H](C(=O)NCc3ccccc3OC)[C@H]2c2ccc(OC)c(OC)c2)cc1. The summed E-state index contributed by atoms with van der Waals surface area (Å²) in [7, 11) is 6.33. The molecule has 1 aliphatic rings. The molecule has 194 valence electrons. The van der Waals surface area contributed by atoms with Crippen LogP contribution in [0.5, 0.6) is 23.0 Å². The average Bonchev–Trinajstić information content (AvgIpc) is 2.95. The number of para-hydroxylation sites is 1. The first kappa shape index (κ1) is 25.9. The van der Waals surface area contributed by atoms with Gasteiger partial charge in [0, 0.05) is 24.2 Å². The van der Waals surface area contributed by atoms with Crippen LogP contribution in [0.1, 0.15) is 30.0 Å². The van der Waals surface area contributed by atoms with E-state index in [-0.39, 0.29) is 18.2 Å². The molecule has 2 amide bonds. The Hall–Kier alpha value is -4.20. The summed E-state index contributed by atoms with van der Waals surface area (Å²) in [5.41, 5.74) is 2.34. The van der Waals surface area contributed by atoms with Gasteiger partial charge in [-0.2, -0.15) is 0 Å². The van der Waals surface area contributed by atoms with Crippen LogP contribution in [0.15, 0.2) is 66.7 Å². The van der Waals surface area contributed by atoms with Crippen molar-refractivity contribution >= 4 is 17.5 Å². The normalized spacial score (nSPS) is 17.2. The number of hydrogen-bond acceptors (Lipinski definition) is 6. The number of methoxy groups -OCH3 is 4. The number of benzene rings is 3. The monoisotopic (exact) mass is 504 g/mol. The highest BCUT2D eigenvalue weighted by molar-refractivity contribution is 5.97. The number of hydrogen-bond donors (Lipinski definition) is 1. The van der Waals surface area contributed by atoms with E-state index in [2.05, 4.69) is 5.32 Å². The van der Waals surface area contributed by atoms with Gasteiger partial charge in [-0.15, -0.1) is 0 Å². The summed E-state index contributed by atoms with van der Waals surface area (Å²) in [5, 5.41) is 3.07. The minimum Gasteiger partial charge on any atom is -0.497 e. The lowest BCUT2D eigenvalue weighted by Gasteiger charge is -2.41. The van der Waals surface area contributed by atoms with Crippen molar-refractivity contribution in [2.24, 2.45) is 5.92 Å². The summed E-state index contributed by atoms with van der Waals surface area (Å²) < 4.78 is 21.7. The topological polar surface area (TPSA) is 86.3 Å². The number of carbonyl (C=O) groups excluding carboxylic acids is 2. The van der Waals surface area contributed by atoms with Crippen LogP contribution in [0.4, 0.5) is 5.69 Å². The first-order chi connectivity index (χ1) is 18.0. The van der Waals surface area contributed by atoms with Crippen LogP contribution in [0.3, 0.4) is 0 Å². The second-order valence-corrected chi connectivity index (χ2v) is 8.70. The van der Waals surface area contributed by atoms with Crippen molar-refractivity contribution in [3.05, 3.63) is 77.9 Å². The quantitative estimate of drug-likeness (QED) is 0.461. The van der Waals surface area contributed by atoms with Gasteiger partial charge in [0.1, 0.15) is 11.5 Å². The molecule has 0 aromatic heterocycles. The van der Waals surface area contributed by atoms with Gasteiger partial charge in [0.25, 0.3) is 0 Å². The van der Waals surface area contributed by atoms with Crippen molar-refractivity contribution < 1.29 is 28.5 Å². The highest BCUT2D eigenvalue weighted by Crippen LogP contribution is 2.42. The lowest BCUT2D eigenvalue weighted by molar-refractivity contribution is -0.129. The number of ether oxygens (including phenoxy) is 4. The van der Waals surface area contributed by atoms with Gasteiger partial charge in [0.05, 0.1) is 40.4 Å². The Bertz CT molecular complexity index is 1240. The zero-order valence-electron chi connectivity index (χ0n) is 21.5. The molecule has 3 aromatic rings. The molecule has 4 rings (SSSR count). The Morgan fingerprint density at radius 2 is 1.57 bits per heavy atom. The lowest BCUT2D eigenvalue weighted by Crippen LogP contribution is -2.48. The molecular formula is C29H32N2O6. The number of amides is 2. The third-order valence-corrected chi connectivity index (χ3v) is 6.68. The fraction of sp³-hybridized carbons (Fsp3) is 0.310. The number of nitrogens with one attached hydrogen (secondary N) is 1. The predicted octanol–water partition coefficient (Wildman–Crippen LogP) is 4.52. The van der Waals surface area contributed by atoms with Crippen molar-refractivity contribution in [3.63, 3.8) is 0 Å². The first-order valence-corrected chi connectivity index (χ1v) is 12.1. The van der Waals surface area contributed by atoms with Crippen LogP contribution in [0.25, 0.3) is 0 Å². The second-order valence-electron chi connectivity index (χ2n) is 8.70. The van der Waals surface area contributed by atoms with Gasteiger partial charge in [-0.25, -0.2) is 0 Å². The van der Waals surface area contributed by atoms with E-state index in [1.54, 1.807) is 51.5 Å². The summed E-state index contributed by atoms with van der Waals surface area (Å²) in [6.07, 6.45) is 0.671. The van der Waals surface area contributed by atoms with E-state index < -0.39 is 12.0 Å². The van der Waals surface area contributed by atoms with Crippen molar-refractivity contribution in [2.45, 2.75) is 25.4 Å². The molecule has 8 nitrogen and oxygen atoms in total. The van der Waals surface area contributed by atoms with E-state index in [1.807, 2.05) is 48.5 Å². The Morgan fingerprint density at radius 3 is 2.24 bits per heavy atom. The van der Waals surface area contributed by atoms with Gasteiger partial charge in [-0.05, 0) is 54.4 Å². The summed E-state index contributed by atoms with van der Waals surface area (Å²) in [4.78, 5) is 28.7. The predicted molar refractivity (Wildman–Crippen MR) is 140 cm³/mol. The third kappa shape index (κ3) is 5.48. The molecule has 8 heteroatoms. The van der Waals surface area contributed by atoms with E-state index >= 15 is 0 Å². The van der Waals surface area contributed by atoms with Crippen molar-refractivity contribution in [1.82, 2.24) is 5.32 Å². The molecule has 1 heterocycles. The Labute approximate surface area is 217 Å². The number of rotatable bonds is 9. The van der Waals surface area contributed by atoms with Crippen LogP contribution in [-0.4, -0.2) is 40.3 Å². The molecule has 0 aliphatic carbocycles. The lowest BCUT2D eigenvalue weighted by atomic mass is 9.83. The second kappa shape index (κ2) is 11.7. The maximum Gasteiger partial charge on any atom is 0.227 e. The van der Waals surface area contributed by atoms with E-state index in [4.69, 9.17) is 18.9 Å². The maximum atomic E-state index is 13.7. The fourth-order valence-electron chi connectivity index (χ4n) is 4.79. The molecule has 1 saturated heterocycles. The third-order valence-electron chi connectivity index (χ3n) is 6.68. The number of carbonyl (C=O) groups is 2. The molecular weight excluding hydrogens is 472 g/mol. The van der Waals surface area contributed by atoms with Gasteiger partial charge >= 0.3 is 0 Å². The highest BCUT2D eigenvalue weighted by Gasteiger charge is 2.41. The molecule has 1 aliphatic heterocycles. The van der Waals surface area contributed by atoms with Crippen molar-refractivity contribution in [3.8, 4) is 23.0 Å². The largest absolute Gasteiger partial charge is 0.497 e.